The zero-order valence-corrected chi connectivity index (χ0v) is 8.47. The summed E-state index contributed by atoms with van der Waals surface area (Å²) >= 11 is 1.67. The Morgan fingerprint density at radius 3 is 3.21 bits per heavy atom. The molecule has 0 amide bonds. The van der Waals surface area contributed by atoms with Crippen LogP contribution in [0.4, 0.5) is 0 Å². The van der Waals surface area contributed by atoms with Crippen LogP contribution in [-0.4, -0.2) is 11.1 Å². The van der Waals surface area contributed by atoms with Gasteiger partial charge in [0.05, 0.1) is 21.8 Å². The molecule has 0 saturated carbocycles. The molecule has 3 nitrogen and oxygen atoms in total. The number of carbonyl (C=O) groups excluding carboxylic acids is 1. The van der Waals surface area contributed by atoms with Crippen LogP contribution in [0, 0.1) is 6.92 Å². The molecule has 0 atom stereocenters. The van der Waals surface area contributed by atoms with E-state index >= 15 is 0 Å². The molecule has 1 heterocycles. The minimum atomic E-state index is 0.385. The second-order valence-electron chi connectivity index (χ2n) is 2.94. The second kappa shape index (κ2) is 3.70. The molecule has 4 heteroatoms. The maximum absolute atomic E-state index is 9.94. The van der Waals surface area contributed by atoms with E-state index in [4.69, 9.17) is 0 Å². The van der Waals surface area contributed by atoms with Gasteiger partial charge in [0.15, 0.2) is 0 Å². The first kappa shape index (κ1) is 9.06. The molecule has 0 aliphatic carbocycles. The lowest BCUT2D eigenvalue weighted by Crippen LogP contribution is -1.80. The molecule has 0 radical (unpaired) electrons. The van der Waals surface area contributed by atoms with Crippen molar-refractivity contribution in [2.45, 2.75) is 13.5 Å². The van der Waals surface area contributed by atoms with E-state index in [0.29, 0.717) is 6.54 Å². The van der Waals surface area contributed by atoms with Crippen LogP contribution >= 0.6 is 11.3 Å². The number of hydrogen-bond acceptors (Lipinski definition) is 4. The fourth-order valence-corrected chi connectivity index (χ4v) is 2.12. The number of aromatic nitrogens is 1. The minimum absolute atomic E-state index is 0.385. The summed E-state index contributed by atoms with van der Waals surface area (Å²) < 4.78 is 1.17. The Morgan fingerprint density at radius 1 is 1.57 bits per heavy atom. The van der Waals surface area contributed by atoms with Crippen LogP contribution < -0.4 is 0 Å². The van der Waals surface area contributed by atoms with E-state index in [1.165, 1.54) is 10.8 Å². The highest BCUT2D eigenvalue weighted by Crippen LogP contribution is 2.22. The summed E-state index contributed by atoms with van der Waals surface area (Å²) in [5.41, 5.74) is 1.97. The van der Waals surface area contributed by atoms with Crippen molar-refractivity contribution in [2.24, 2.45) is 4.99 Å². The molecule has 0 aliphatic heterocycles. The molecule has 0 fully saturated rings. The van der Waals surface area contributed by atoms with Gasteiger partial charge >= 0.3 is 0 Å². The largest absolute Gasteiger partial charge is 0.242 e. The van der Waals surface area contributed by atoms with E-state index in [-0.39, 0.29) is 0 Å². The predicted molar refractivity (Wildman–Crippen MR) is 56.2 cm³/mol. The smallest absolute Gasteiger partial charge is 0.235 e. The van der Waals surface area contributed by atoms with Gasteiger partial charge in [0.1, 0.15) is 0 Å². The van der Waals surface area contributed by atoms with Crippen molar-refractivity contribution in [3.8, 4) is 0 Å². The molecule has 0 aliphatic rings. The lowest BCUT2D eigenvalue weighted by molar-refractivity contribution is 0.563. The first-order valence-corrected chi connectivity index (χ1v) is 5.01. The molecule has 0 N–H and O–H groups in total. The normalized spacial score (nSPS) is 10.1. The average molecular weight is 204 g/mol. The lowest BCUT2D eigenvalue weighted by atomic mass is 10.2. The maximum atomic E-state index is 9.94. The summed E-state index contributed by atoms with van der Waals surface area (Å²) in [4.78, 5) is 17.8. The van der Waals surface area contributed by atoms with Gasteiger partial charge in [0.25, 0.3) is 0 Å². The van der Waals surface area contributed by atoms with Crippen LogP contribution in [-0.2, 0) is 11.3 Å². The molecule has 1 aromatic heterocycles. The fraction of sp³-hybridized carbons (Fsp3) is 0.200. The van der Waals surface area contributed by atoms with Gasteiger partial charge in [0, 0.05) is 0 Å². The van der Waals surface area contributed by atoms with Crippen molar-refractivity contribution in [1.82, 2.24) is 4.98 Å². The molecule has 0 saturated heterocycles. The molecule has 70 valence electrons. The summed E-state index contributed by atoms with van der Waals surface area (Å²) in [6.45, 7) is 2.37. The minimum Gasteiger partial charge on any atom is -0.242 e. The predicted octanol–water partition coefficient (Wildman–Crippen LogP) is 2.44. The summed E-state index contributed by atoms with van der Waals surface area (Å²) in [5.74, 6) is 0. The highest BCUT2D eigenvalue weighted by atomic mass is 32.1. The summed E-state index contributed by atoms with van der Waals surface area (Å²) in [5, 5.41) is 1.05. The van der Waals surface area contributed by atoms with Crippen LogP contribution in [0.1, 0.15) is 10.6 Å². The van der Waals surface area contributed by atoms with Gasteiger partial charge in [-0.15, -0.1) is 11.3 Å². The Hall–Kier alpha value is -1.51. The Kier molecular flexibility index (Phi) is 2.39. The van der Waals surface area contributed by atoms with Gasteiger partial charge in [-0.3, -0.25) is 0 Å². The standard InChI is InChI=1S/C10H8N2OS/c1-7-12-9-4-8(5-11-6-13)2-3-10(9)14-7/h2-4H,5H2,1H3. The number of fused-ring (bicyclic) bond motifs is 1. The summed E-state index contributed by atoms with van der Waals surface area (Å²) in [6, 6.07) is 5.93. The number of nitrogens with zero attached hydrogens (tertiary/aromatic N) is 2. The molecule has 1 aromatic carbocycles. The second-order valence-corrected chi connectivity index (χ2v) is 4.18. The number of aryl methyl sites for hydroxylation is 1. The summed E-state index contributed by atoms with van der Waals surface area (Å²) in [6.07, 6.45) is 1.53. The third-order valence-electron chi connectivity index (χ3n) is 1.89. The SMILES string of the molecule is Cc1nc2cc(CN=C=O)ccc2s1. The highest BCUT2D eigenvalue weighted by Gasteiger charge is 2.00. The monoisotopic (exact) mass is 204 g/mol. The first-order chi connectivity index (χ1) is 6.79. The van der Waals surface area contributed by atoms with Gasteiger partial charge in [-0.1, -0.05) is 6.07 Å². The molecule has 2 aromatic rings. The van der Waals surface area contributed by atoms with E-state index in [0.717, 1.165) is 16.1 Å². The average Bonchev–Trinajstić information content (AvgIpc) is 2.54. The van der Waals surface area contributed by atoms with Gasteiger partial charge in [0.2, 0.25) is 6.08 Å². The molecule has 14 heavy (non-hydrogen) atoms. The molecular formula is C10H8N2OS. The Morgan fingerprint density at radius 2 is 2.43 bits per heavy atom. The van der Waals surface area contributed by atoms with Crippen LogP contribution in [0.25, 0.3) is 10.2 Å². The van der Waals surface area contributed by atoms with Crippen LogP contribution in [0.2, 0.25) is 0 Å². The van der Waals surface area contributed by atoms with Crippen molar-refractivity contribution in [3.63, 3.8) is 0 Å². The van der Waals surface area contributed by atoms with Gasteiger partial charge < -0.3 is 0 Å². The van der Waals surface area contributed by atoms with Crippen molar-refractivity contribution >= 4 is 27.6 Å². The maximum Gasteiger partial charge on any atom is 0.235 e. The molecular weight excluding hydrogens is 196 g/mol. The lowest BCUT2D eigenvalue weighted by Gasteiger charge is -1.93. The number of rotatable bonds is 2. The number of hydrogen-bond donors (Lipinski definition) is 0. The first-order valence-electron chi connectivity index (χ1n) is 4.19. The number of benzene rings is 1. The van der Waals surface area contributed by atoms with Crippen molar-refractivity contribution in [2.75, 3.05) is 0 Å². The van der Waals surface area contributed by atoms with E-state index in [9.17, 15) is 4.79 Å². The number of aliphatic imine (C=N–C) groups is 1. The van der Waals surface area contributed by atoms with Crippen molar-refractivity contribution < 1.29 is 4.79 Å². The van der Waals surface area contributed by atoms with Crippen LogP contribution in [0.3, 0.4) is 0 Å². The fourth-order valence-electron chi connectivity index (χ4n) is 1.31. The third-order valence-corrected chi connectivity index (χ3v) is 2.84. The van der Waals surface area contributed by atoms with E-state index in [2.05, 4.69) is 9.98 Å². The number of isocyanates is 1. The Balaban J connectivity index is 2.44. The third kappa shape index (κ3) is 1.71. The van der Waals surface area contributed by atoms with E-state index in [1.54, 1.807) is 11.3 Å². The van der Waals surface area contributed by atoms with Crippen molar-refractivity contribution in [1.29, 1.82) is 0 Å². The molecule has 0 unspecified atom stereocenters. The van der Waals surface area contributed by atoms with Crippen molar-refractivity contribution in [3.05, 3.63) is 28.8 Å². The zero-order chi connectivity index (χ0) is 9.97. The Labute approximate surface area is 85.1 Å². The van der Waals surface area contributed by atoms with Gasteiger partial charge in [-0.05, 0) is 24.6 Å². The molecule has 0 bridgehead atoms. The molecule has 2 rings (SSSR count). The van der Waals surface area contributed by atoms with Gasteiger partial charge in [-0.25, -0.2) is 14.8 Å². The number of thiazole rings is 1. The van der Waals surface area contributed by atoms with Gasteiger partial charge in [-0.2, -0.15) is 0 Å². The van der Waals surface area contributed by atoms with E-state index in [1.807, 2.05) is 25.1 Å². The van der Waals surface area contributed by atoms with E-state index < -0.39 is 0 Å². The Bertz CT molecular complexity index is 512. The van der Waals surface area contributed by atoms with Crippen LogP contribution in [0.5, 0.6) is 0 Å². The zero-order valence-electron chi connectivity index (χ0n) is 7.65. The quantitative estimate of drug-likeness (QED) is 0.557. The topological polar surface area (TPSA) is 42.3 Å². The van der Waals surface area contributed by atoms with Crippen LogP contribution in [0.15, 0.2) is 23.2 Å². The molecule has 0 spiro atoms. The highest BCUT2D eigenvalue weighted by molar-refractivity contribution is 7.18. The summed E-state index contributed by atoms with van der Waals surface area (Å²) in [7, 11) is 0.